The summed E-state index contributed by atoms with van der Waals surface area (Å²) in [6.07, 6.45) is 1.95. The van der Waals surface area contributed by atoms with Crippen LogP contribution >= 0.6 is 0 Å². The molecular formula is C9H14N2O2. The highest BCUT2D eigenvalue weighted by Gasteiger charge is 2.17. The van der Waals surface area contributed by atoms with Gasteiger partial charge in [0.05, 0.1) is 12.3 Å². The van der Waals surface area contributed by atoms with Gasteiger partial charge in [-0.25, -0.2) is 4.79 Å². The zero-order valence-corrected chi connectivity index (χ0v) is 8.04. The van der Waals surface area contributed by atoms with Crippen molar-refractivity contribution in [3.8, 4) is 0 Å². The second-order valence-electron chi connectivity index (χ2n) is 3.45. The van der Waals surface area contributed by atoms with E-state index in [9.17, 15) is 4.79 Å². The lowest BCUT2D eigenvalue weighted by Gasteiger charge is -2.00. The van der Waals surface area contributed by atoms with E-state index in [4.69, 9.17) is 4.74 Å². The van der Waals surface area contributed by atoms with Crippen LogP contribution in [0.5, 0.6) is 0 Å². The van der Waals surface area contributed by atoms with Crippen LogP contribution in [0.3, 0.4) is 0 Å². The number of aromatic nitrogens is 2. The zero-order chi connectivity index (χ0) is 9.42. The van der Waals surface area contributed by atoms with E-state index in [2.05, 4.69) is 0 Å². The van der Waals surface area contributed by atoms with Gasteiger partial charge in [0.1, 0.15) is 0 Å². The molecule has 0 bridgehead atoms. The molecule has 1 aromatic heterocycles. The van der Waals surface area contributed by atoms with Crippen LogP contribution in [0, 0.1) is 0 Å². The second kappa shape index (κ2) is 3.03. The lowest BCUT2D eigenvalue weighted by Crippen LogP contribution is -2.21. The Labute approximate surface area is 76.7 Å². The van der Waals surface area contributed by atoms with E-state index in [-0.39, 0.29) is 5.69 Å². The molecule has 0 spiro atoms. The van der Waals surface area contributed by atoms with Gasteiger partial charge in [-0.2, -0.15) is 0 Å². The fraction of sp³-hybridized carbons (Fsp3) is 0.667. The normalized spacial score (nSPS) is 16.8. The first-order valence-electron chi connectivity index (χ1n) is 4.53. The highest BCUT2D eigenvalue weighted by molar-refractivity contribution is 5.15. The third-order valence-electron chi connectivity index (χ3n) is 2.66. The molecule has 0 saturated carbocycles. The molecule has 4 nitrogen and oxygen atoms in total. The van der Waals surface area contributed by atoms with E-state index < -0.39 is 0 Å². The zero-order valence-electron chi connectivity index (χ0n) is 8.04. The molecule has 1 aliphatic heterocycles. The maximum absolute atomic E-state index is 11.5. The van der Waals surface area contributed by atoms with Gasteiger partial charge in [-0.15, -0.1) is 0 Å². The van der Waals surface area contributed by atoms with Gasteiger partial charge in [-0.3, -0.25) is 9.13 Å². The first kappa shape index (κ1) is 8.56. The molecule has 0 radical (unpaired) electrons. The number of nitrogens with zero attached hydrogens (tertiary/aromatic N) is 2. The Morgan fingerprint density at radius 3 is 2.69 bits per heavy atom. The van der Waals surface area contributed by atoms with Crippen molar-refractivity contribution in [1.82, 2.24) is 9.13 Å². The smallest absolute Gasteiger partial charge is 0.328 e. The van der Waals surface area contributed by atoms with Crippen LogP contribution < -0.4 is 5.69 Å². The summed E-state index contributed by atoms with van der Waals surface area (Å²) >= 11 is 0. The summed E-state index contributed by atoms with van der Waals surface area (Å²) in [7, 11) is 3.63. The molecule has 0 N–H and O–H groups in total. The minimum Gasteiger partial charge on any atom is -0.375 e. The van der Waals surface area contributed by atoms with Gasteiger partial charge in [-0.05, 0) is 12.8 Å². The van der Waals surface area contributed by atoms with Crippen molar-refractivity contribution in [2.45, 2.75) is 19.4 Å². The lowest BCUT2D eigenvalue weighted by molar-refractivity contribution is 0.120. The highest BCUT2D eigenvalue weighted by atomic mass is 16.5. The topological polar surface area (TPSA) is 36.2 Å². The number of imidazole rings is 1. The molecule has 0 unspecified atom stereocenters. The maximum atomic E-state index is 11.5. The quantitative estimate of drug-likeness (QED) is 0.574. The number of hydrogen-bond acceptors (Lipinski definition) is 2. The Balaban J connectivity index is 2.59. The highest BCUT2D eigenvalue weighted by Crippen LogP contribution is 2.13. The predicted octanol–water partition coefficient (Wildman–Crippen LogP) is 0.187. The molecule has 1 aliphatic rings. The average molecular weight is 182 g/mol. The molecule has 1 aromatic rings. The van der Waals surface area contributed by atoms with Crippen molar-refractivity contribution in [2.75, 3.05) is 6.61 Å². The van der Waals surface area contributed by atoms with Gasteiger partial charge in [0.2, 0.25) is 0 Å². The van der Waals surface area contributed by atoms with E-state index in [1.165, 1.54) is 0 Å². The number of ether oxygens (including phenoxy) is 1. The SMILES string of the molecule is Cn1c2c(n(C)c1=O)COCCC2. The van der Waals surface area contributed by atoms with Gasteiger partial charge < -0.3 is 4.74 Å². The monoisotopic (exact) mass is 182 g/mol. The average Bonchev–Trinajstić information content (AvgIpc) is 2.40. The second-order valence-corrected chi connectivity index (χ2v) is 3.45. The summed E-state index contributed by atoms with van der Waals surface area (Å²) in [6.45, 7) is 1.37. The number of rotatable bonds is 0. The number of hydrogen-bond donors (Lipinski definition) is 0. The number of fused-ring (bicyclic) bond motifs is 1. The van der Waals surface area contributed by atoms with Gasteiger partial charge >= 0.3 is 5.69 Å². The van der Waals surface area contributed by atoms with Crippen LogP contribution in [-0.2, 0) is 31.9 Å². The summed E-state index contributed by atoms with van der Waals surface area (Å²) < 4.78 is 8.80. The standard InChI is InChI=1S/C9H14N2O2/c1-10-7-4-3-5-13-6-8(7)11(2)9(10)12/h3-6H2,1-2H3. The van der Waals surface area contributed by atoms with Crippen LogP contribution in [0.1, 0.15) is 17.8 Å². The largest absolute Gasteiger partial charge is 0.375 e. The summed E-state index contributed by atoms with van der Waals surface area (Å²) in [5.74, 6) is 0. The minimum absolute atomic E-state index is 0.0514. The van der Waals surface area contributed by atoms with Crippen molar-refractivity contribution in [2.24, 2.45) is 14.1 Å². The van der Waals surface area contributed by atoms with Crippen molar-refractivity contribution in [3.63, 3.8) is 0 Å². The van der Waals surface area contributed by atoms with Gasteiger partial charge in [0.25, 0.3) is 0 Å². The predicted molar refractivity (Wildman–Crippen MR) is 48.6 cm³/mol. The van der Waals surface area contributed by atoms with Crippen molar-refractivity contribution < 1.29 is 4.74 Å². The molecule has 4 heteroatoms. The van der Waals surface area contributed by atoms with E-state index in [1.54, 1.807) is 16.2 Å². The van der Waals surface area contributed by atoms with Crippen LogP contribution in [0.2, 0.25) is 0 Å². The van der Waals surface area contributed by atoms with E-state index >= 15 is 0 Å². The molecule has 0 aliphatic carbocycles. The Bertz CT molecular complexity index is 343. The van der Waals surface area contributed by atoms with E-state index in [0.717, 1.165) is 30.8 Å². The molecule has 0 amide bonds. The van der Waals surface area contributed by atoms with Crippen LogP contribution in [-0.4, -0.2) is 15.7 Å². The Hall–Kier alpha value is -1.03. The summed E-state index contributed by atoms with van der Waals surface area (Å²) in [5, 5.41) is 0. The van der Waals surface area contributed by atoms with Crippen LogP contribution in [0.15, 0.2) is 4.79 Å². The molecule has 0 saturated heterocycles. The van der Waals surface area contributed by atoms with Crippen LogP contribution in [0.4, 0.5) is 0 Å². The fourth-order valence-corrected chi connectivity index (χ4v) is 1.85. The van der Waals surface area contributed by atoms with Gasteiger partial charge in [0, 0.05) is 26.4 Å². The van der Waals surface area contributed by atoms with Gasteiger partial charge in [-0.1, -0.05) is 0 Å². The summed E-state index contributed by atoms with van der Waals surface area (Å²) in [5.41, 5.74) is 2.21. The first-order valence-corrected chi connectivity index (χ1v) is 4.53. The van der Waals surface area contributed by atoms with Crippen molar-refractivity contribution in [3.05, 3.63) is 21.9 Å². The summed E-state index contributed by atoms with van der Waals surface area (Å²) in [4.78, 5) is 11.5. The minimum atomic E-state index is 0.0514. The molecule has 13 heavy (non-hydrogen) atoms. The first-order chi connectivity index (χ1) is 6.22. The van der Waals surface area contributed by atoms with E-state index in [1.807, 2.05) is 7.05 Å². The van der Waals surface area contributed by atoms with Crippen molar-refractivity contribution >= 4 is 0 Å². The Morgan fingerprint density at radius 1 is 1.23 bits per heavy atom. The molecule has 2 rings (SSSR count). The Kier molecular flexibility index (Phi) is 2.00. The van der Waals surface area contributed by atoms with E-state index in [0.29, 0.717) is 6.61 Å². The summed E-state index contributed by atoms with van der Waals surface area (Å²) in [6, 6.07) is 0. The van der Waals surface area contributed by atoms with Gasteiger partial charge in [0.15, 0.2) is 0 Å². The molecule has 0 atom stereocenters. The molecular weight excluding hydrogens is 168 g/mol. The Morgan fingerprint density at radius 2 is 1.92 bits per heavy atom. The molecule has 0 fully saturated rings. The van der Waals surface area contributed by atoms with Crippen LogP contribution in [0.25, 0.3) is 0 Å². The maximum Gasteiger partial charge on any atom is 0.328 e. The third-order valence-corrected chi connectivity index (χ3v) is 2.66. The molecule has 0 aromatic carbocycles. The third kappa shape index (κ3) is 1.21. The molecule has 72 valence electrons. The van der Waals surface area contributed by atoms with Crippen molar-refractivity contribution in [1.29, 1.82) is 0 Å². The fourth-order valence-electron chi connectivity index (χ4n) is 1.85. The molecule has 2 heterocycles. The lowest BCUT2D eigenvalue weighted by atomic mass is 10.2.